The maximum atomic E-state index is 14.1. The minimum atomic E-state index is -5.80. The van der Waals surface area contributed by atoms with Crippen LogP contribution in [0.5, 0.6) is 5.75 Å². The standard InChI is InChI=1S/C26H26F11NO2/c27-23(28,26(35,36)37)18-7-2-5-16(11-18)22(38-13-21(39)25(32,33)34)17-6-3-9-20(12-17)40-14-15-4-1-8-19(10-15)24(29,30)31/h1,3-4,6,8-10,12,16,18,21-22,38-39H,2,5,7,11,13-14H2. The van der Waals surface area contributed by atoms with Crippen molar-refractivity contribution in [2.24, 2.45) is 11.8 Å². The Hall–Kier alpha value is -2.61. The van der Waals surface area contributed by atoms with Crippen LogP contribution in [-0.2, 0) is 12.8 Å². The van der Waals surface area contributed by atoms with Crippen molar-refractivity contribution in [3.63, 3.8) is 0 Å². The lowest BCUT2D eigenvalue weighted by molar-refractivity contribution is -0.307. The molecule has 2 N–H and O–H groups in total. The first-order chi connectivity index (χ1) is 18.4. The summed E-state index contributed by atoms with van der Waals surface area (Å²) in [5.74, 6) is -7.97. The molecule has 0 amide bonds. The lowest BCUT2D eigenvalue weighted by Crippen LogP contribution is -2.47. The van der Waals surface area contributed by atoms with Crippen LogP contribution in [0.1, 0.15) is 48.4 Å². The lowest BCUT2D eigenvalue weighted by atomic mass is 9.73. The van der Waals surface area contributed by atoms with Crippen molar-refractivity contribution in [1.82, 2.24) is 5.32 Å². The van der Waals surface area contributed by atoms with Crippen LogP contribution in [0.3, 0.4) is 0 Å². The molecule has 4 atom stereocenters. The minimum absolute atomic E-state index is 0.0350. The number of aliphatic hydroxyl groups excluding tert-OH is 1. The zero-order valence-corrected chi connectivity index (χ0v) is 20.7. The quantitative estimate of drug-likeness (QED) is 0.291. The van der Waals surface area contributed by atoms with Gasteiger partial charge in [-0.15, -0.1) is 0 Å². The molecule has 4 unspecified atom stereocenters. The zero-order chi connectivity index (χ0) is 29.9. The zero-order valence-electron chi connectivity index (χ0n) is 20.7. The molecule has 0 aliphatic heterocycles. The Bertz CT molecular complexity index is 1110. The fourth-order valence-electron chi connectivity index (χ4n) is 4.80. The van der Waals surface area contributed by atoms with Gasteiger partial charge in [-0.05, 0) is 60.6 Å². The lowest BCUT2D eigenvalue weighted by Gasteiger charge is -2.39. The maximum absolute atomic E-state index is 14.1. The van der Waals surface area contributed by atoms with Gasteiger partial charge >= 0.3 is 24.5 Å². The van der Waals surface area contributed by atoms with Crippen LogP contribution in [0.2, 0.25) is 0 Å². The third kappa shape index (κ3) is 7.99. The third-order valence-corrected chi connectivity index (χ3v) is 6.86. The molecule has 1 saturated carbocycles. The fraction of sp³-hybridized carbons (Fsp3) is 0.538. The number of hydrogen-bond acceptors (Lipinski definition) is 3. The Morgan fingerprint density at radius 1 is 0.875 bits per heavy atom. The number of aliphatic hydroxyl groups is 1. The summed E-state index contributed by atoms with van der Waals surface area (Å²) in [6, 6.07) is 8.66. The molecule has 40 heavy (non-hydrogen) atoms. The average molecular weight is 593 g/mol. The van der Waals surface area contributed by atoms with E-state index < -0.39 is 73.4 Å². The van der Waals surface area contributed by atoms with Crippen molar-refractivity contribution in [2.45, 2.75) is 68.9 Å². The number of halogens is 11. The van der Waals surface area contributed by atoms with Gasteiger partial charge in [0.25, 0.3) is 0 Å². The predicted molar refractivity (Wildman–Crippen MR) is 121 cm³/mol. The summed E-state index contributed by atoms with van der Waals surface area (Å²) >= 11 is 0. The molecule has 0 bridgehead atoms. The summed E-state index contributed by atoms with van der Waals surface area (Å²) in [5, 5.41) is 11.9. The summed E-state index contributed by atoms with van der Waals surface area (Å²) in [6.07, 6.45) is -19.2. The topological polar surface area (TPSA) is 41.5 Å². The summed E-state index contributed by atoms with van der Waals surface area (Å²) in [5.41, 5.74) is -0.554. The summed E-state index contributed by atoms with van der Waals surface area (Å²) in [4.78, 5) is 0. The van der Waals surface area contributed by atoms with Crippen molar-refractivity contribution in [3.05, 3.63) is 65.2 Å². The molecule has 14 heteroatoms. The van der Waals surface area contributed by atoms with Gasteiger partial charge in [0.2, 0.25) is 0 Å². The first-order valence-corrected chi connectivity index (χ1v) is 12.2. The van der Waals surface area contributed by atoms with E-state index in [9.17, 15) is 53.4 Å². The van der Waals surface area contributed by atoms with E-state index in [1.165, 1.54) is 36.4 Å². The van der Waals surface area contributed by atoms with Crippen molar-refractivity contribution in [3.8, 4) is 5.75 Å². The first-order valence-electron chi connectivity index (χ1n) is 12.2. The second-order valence-corrected chi connectivity index (χ2v) is 9.75. The van der Waals surface area contributed by atoms with Crippen LogP contribution >= 0.6 is 0 Å². The molecular formula is C26H26F11NO2. The smallest absolute Gasteiger partial charge is 0.453 e. The molecule has 2 aromatic rings. The summed E-state index contributed by atoms with van der Waals surface area (Å²) < 4.78 is 151. The van der Waals surface area contributed by atoms with Crippen LogP contribution in [-0.4, -0.2) is 36.0 Å². The van der Waals surface area contributed by atoms with Gasteiger partial charge in [-0.25, -0.2) is 0 Å². The normalized spacial score (nSPS) is 20.7. The Kier molecular flexibility index (Phi) is 9.65. The van der Waals surface area contributed by atoms with E-state index in [-0.39, 0.29) is 36.3 Å². The highest BCUT2D eigenvalue weighted by Gasteiger charge is 2.62. The van der Waals surface area contributed by atoms with E-state index in [1.807, 2.05) is 0 Å². The van der Waals surface area contributed by atoms with Gasteiger partial charge in [-0.3, -0.25) is 0 Å². The number of benzene rings is 2. The van der Waals surface area contributed by atoms with Crippen LogP contribution in [0, 0.1) is 11.8 Å². The molecule has 2 aromatic carbocycles. The SMILES string of the molecule is OC(CNC(c1cccc(OCc2cccc(C(F)(F)F)c2)c1)C1CCCC(C(F)(F)C(F)(F)F)C1)C(F)(F)F. The van der Waals surface area contributed by atoms with E-state index in [0.29, 0.717) is 0 Å². The van der Waals surface area contributed by atoms with Gasteiger partial charge in [-0.1, -0.05) is 30.7 Å². The van der Waals surface area contributed by atoms with Gasteiger partial charge in [0.15, 0.2) is 6.10 Å². The maximum Gasteiger partial charge on any atom is 0.453 e. The highest BCUT2D eigenvalue weighted by atomic mass is 19.4. The molecule has 0 saturated heterocycles. The summed E-state index contributed by atoms with van der Waals surface area (Å²) in [6.45, 7) is -1.37. The third-order valence-electron chi connectivity index (χ3n) is 6.86. The first kappa shape index (κ1) is 31.9. The Labute approximate surface area is 222 Å². The van der Waals surface area contributed by atoms with E-state index in [0.717, 1.165) is 12.1 Å². The number of hydrogen-bond donors (Lipinski definition) is 2. The molecule has 1 aliphatic rings. The van der Waals surface area contributed by atoms with Gasteiger partial charge in [0, 0.05) is 18.5 Å². The molecule has 224 valence electrons. The summed E-state index contributed by atoms with van der Waals surface area (Å²) in [7, 11) is 0. The fourth-order valence-corrected chi connectivity index (χ4v) is 4.80. The van der Waals surface area contributed by atoms with Crippen LogP contribution in [0.15, 0.2) is 48.5 Å². The second-order valence-electron chi connectivity index (χ2n) is 9.75. The monoisotopic (exact) mass is 593 g/mol. The minimum Gasteiger partial charge on any atom is -0.489 e. The van der Waals surface area contributed by atoms with Crippen molar-refractivity contribution in [2.75, 3.05) is 6.54 Å². The van der Waals surface area contributed by atoms with Gasteiger partial charge in [-0.2, -0.15) is 48.3 Å². The number of alkyl halides is 11. The van der Waals surface area contributed by atoms with E-state index in [4.69, 9.17) is 4.74 Å². The molecule has 1 aliphatic carbocycles. The van der Waals surface area contributed by atoms with Crippen LogP contribution in [0.25, 0.3) is 0 Å². The van der Waals surface area contributed by atoms with Crippen LogP contribution < -0.4 is 10.1 Å². The van der Waals surface area contributed by atoms with Gasteiger partial charge in [0.05, 0.1) is 5.56 Å². The second kappa shape index (κ2) is 12.1. The van der Waals surface area contributed by atoms with Crippen molar-refractivity contribution in [1.29, 1.82) is 0 Å². The van der Waals surface area contributed by atoms with E-state index in [2.05, 4.69) is 5.32 Å². The van der Waals surface area contributed by atoms with E-state index >= 15 is 0 Å². The molecular weight excluding hydrogens is 567 g/mol. The molecule has 3 nitrogen and oxygen atoms in total. The molecule has 0 radical (unpaired) electrons. The molecule has 0 aromatic heterocycles. The van der Waals surface area contributed by atoms with Gasteiger partial charge in [0.1, 0.15) is 12.4 Å². The highest BCUT2D eigenvalue weighted by Crippen LogP contribution is 2.50. The Morgan fingerprint density at radius 2 is 1.55 bits per heavy atom. The van der Waals surface area contributed by atoms with Gasteiger partial charge < -0.3 is 15.2 Å². The highest BCUT2D eigenvalue weighted by molar-refractivity contribution is 5.32. The predicted octanol–water partition coefficient (Wildman–Crippen LogP) is 7.84. The number of nitrogens with one attached hydrogen (secondary N) is 1. The number of ether oxygens (including phenoxy) is 1. The largest absolute Gasteiger partial charge is 0.489 e. The number of rotatable bonds is 9. The van der Waals surface area contributed by atoms with Crippen LogP contribution in [0.4, 0.5) is 48.3 Å². The molecule has 1 fully saturated rings. The van der Waals surface area contributed by atoms with Crippen molar-refractivity contribution >= 4 is 0 Å². The Balaban J connectivity index is 1.84. The van der Waals surface area contributed by atoms with E-state index in [1.54, 1.807) is 0 Å². The Morgan fingerprint density at radius 3 is 2.17 bits per heavy atom. The molecule has 3 rings (SSSR count). The average Bonchev–Trinajstić information content (AvgIpc) is 2.86. The molecule has 0 spiro atoms. The van der Waals surface area contributed by atoms with Crippen molar-refractivity contribution < 1.29 is 58.1 Å². The molecule has 0 heterocycles.